The van der Waals surface area contributed by atoms with Crippen molar-refractivity contribution in [2.24, 2.45) is 0 Å². The van der Waals surface area contributed by atoms with Crippen LogP contribution < -0.4 is 0 Å². The molecule has 1 aromatic carbocycles. The van der Waals surface area contributed by atoms with E-state index in [0.29, 0.717) is 17.0 Å². The molecule has 0 spiro atoms. The molecule has 0 saturated carbocycles. The number of hydrogen-bond acceptors (Lipinski definition) is 4. The maximum atomic E-state index is 11.5. The van der Waals surface area contributed by atoms with E-state index in [4.69, 9.17) is 11.6 Å². The maximum Gasteiger partial charge on any atom is 0.341 e. The number of hydrogen-bond donors (Lipinski definition) is 0. The number of esters is 1. The third kappa shape index (κ3) is 2.00. The van der Waals surface area contributed by atoms with Crippen LogP contribution in [-0.4, -0.2) is 29.1 Å². The number of benzene rings is 1. The van der Waals surface area contributed by atoms with Crippen molar-refractivity contribution in [1.82, 2.24) is 9.78 Å². The Hall–Kier alpha value is -2.14. The van der Waals surface area contributed by atoms with Crippen LogP contribution in [-0.2, 0) is 4.74 Å². The minimum absolute atomic E-state index is 0.104. The van der Waals surface area contributed by atoms with E-state index in [1.165, 1.54) is 18.0 Å². The molecule has 0 amide bonds. The van der Waals surface area contributed by atoms with Gasteiger partial charge in [0.15, 0.2) is 6.29 Å². The summed E-state index contributed by atoms with van der Waals surface area (Å²) in [6.45, 7) is 0. The van der Waals surface area contributed by atoms with Crippen molar-refractivity contribution < 1.29 is 14.3 Å². The number of ether oxygens (including phenoxy) is 1. The molecule has 2 aromatic rings. The quantitative estimate of drug-likeness (QED) is 0.629. The van der Waals surface area contributed by atoms with Gasteiger partial charge in [-0.25, -0.2) is 9.48 Å². The molecule has 1 aromatic heterocycles. The summed E-state index contributed by atoms with van der Waals surface area (Å²) >= 11 is 6.02. The number of carbonyl (C=O) groups is 2. The van der Waals surface area contributed by atoms with Gasteiger partial charge in [-0.15, -0.1) is 0 Å². The largest absolute Gasteiger partial charge is 0.465 e. The molecule has 92 valence electrons. The zero-order valence-electron chi connectivity index (χ0n) is 9.46. The number of para-hydroxylation sites is 1. The van der Waals surface area contributed by atoms with E-state index in [-0.39, 0.29) is 11.3 Å². The van der Waals surface area contributed by atoms with Crippen molar-refractivity contribution in [2.45, 2.75) is 0 Å². The Bertz CT molecular complexity index is 607. The van der Waals surface area contributed by atoms with Gasteiger partial charge in [-0.3, -0.25) is 4.79 Å². The summed E-state index contributed by atoms with van der Waals surface area (Å²) in [4.78, 5) is 22.6. The van der Waals surface area contributed by atoms with Crippen LogP contribution in [0, 0.1) is 0 Å². The van der Waals surface area contributed by atoms with Crippen molar-refractivity contribution >= 4 is 23.9 Å². The summed E-state index contributed by atoms with van der Waals surface area (Å²) < 4.78 is 5.88. The number of rotatable bonds is 3. The second-order valence-corrected chi connectivity index (χ2v) is 3.82. The standard InChI is InChI=1S/C12H9ClN2O3/c1-18-12(17)8-6-14-15(11(8)7-16)10-5-3-2-4-9(10)13/h2-7H,1H3. The fourth-order valence-corrected chi connectivity index (χ4v) is 1.77. The Balaban J connectivity index is 2.60. The zero-order chi connectivity index (χ0) is 13.1. The van der Waals surface area contributed by atoms with Crippen LogP contribution in [0.3, 0.4) is 0 Å². The highest BCUT2D eigenvalue weighted by molar-refractivity contribution is 6.32. The van der Waals surface area contributed by atoms with E-state index in [1.807, 2.05) is 0 Å². The number of aromatic nitrogens is 2. The van der Waals surface area contributed by atoms with E-state index in [1.54, 1.807) is 24.3 Å². The lowest BCUT2D eigenvalue weighted by Crippen LogP contribution is -2.07. The van der Waals surface area contributed by atoms with Gasteiger partial charge < -0.3 is 4.74 Å². The molecule has 0 unspecified atom stereocenters. The average molecular weight is 265 g/mol. The number of aldehydes is 1. The van der Waals surface area contributed by atoms with E-state index < -0.39 is 5.97 Å². The zero-order valence-corrected chi connectivity index (χ0v) is 10.2. The Labute approximate surface area is 108 Å². The minimum atomic E-state index is -0.615. The number of methoxy groups -OCH3 is 1. The molecule has 0 aliphatic heterocycles. The normalized spacial score (nSPS) is 10.1. The number of nitrogens with zero attached hydrogens (tertiary/aromatic N) is 2. The van der Waals surface area contributed by atoms with Crippen molar-refractivity contribution in [3.05, 3.63) is 46.7 Å². The van der Waals surface area contributed by atoms with Crippen LogP contribution in [0.4, 0.5) is 0 Å². The third-order valence-corrected chi connectivity index (χ3v) is 2.72. The van der Waals surface area contributed by atoms with Crippen LogP contribution in [0.15, 0.2) is 30.5 Å². The van der Waals surface area contributed by atoms with E-state index in [9.17, 15) is 9.59 Å². The molecule has 0 N–H and O–H groups in total. The van der Waals surface area contributed by atoms with Gasteiger partial charge in [0.2, 0.25) is 0 Å². The van der Waals surface area contributed by atoms with Crippen LogP contribution in [0.25, 0.3) is 5.69 Å². The van der Waals surface area contributed by atoms with Crippen LogP contribution in [0.5, 0.6) is 0 Å². The summed E-state index contributed by atoms with van der Waals surface area (Å²) in [5.74, 6) is -0.615. The van der Waals surface area contributed by atoms with E-state index in [0.717, 1.165) is 0 Å². The minimum Gasteiger partial charge on any atom is -0.465 e. The fraction of sp³-hybridized carbons (Fsp3) is 0.0833. The molecule has 5 nitrogen and oxygen atoms in total. The number of halogens is 1. The van der Waals surface area contributed by atoms with E-state index >= 15 is 0 Å². The topological polar surface area (TPSA) is 61.2 Å². The molecule has 18 heavy (non-hydrogen) atoms. The molecule has 0 fully saturated rings. The second-order valence-electron chi connectivity index (χ2n) is 3.42. The Morgan fingerprint density at radius 2 is 2.17 bits per heavy atom. The summed E-state index contributed by atoms with van der Waals surface area (Å²) in [7, 11) is 1.24. The molecular weight excluding hydrogens is 256 g/mol. The van der Waals surface area contributed by atoms with E-state index in [2.05, 4.69) is 9.84 Å². The first-order valence-corrected chi connectivity index (χ1v) is 5.43. The first-order chi connectivity index (χ1) is 8.69. The lowest BCUT2D eigenvalue weighted by Gasteiger charge is -2.05. The van der Waals surface area contributed by atoms with Gasteiger partial charge in [0, 0.05) is 0 Å². The smallest absolute Gasteiger partial charge is 0.341 e. The molecule has 1 heterocycles. The van der Waals surface area contributed by atoms with Gasteiger partial charge in [0.05, 0.1) is 24.0 Å². The Kier molecular flexibility index (Phi) is 3.43. The molecule has 6 heteroatoms. The summed E-state index contributed by atoms with van der Waals surface area (Å²) in [6.07, 6.45) is 1.82. The predicted molar refractivity (Wildman–Crippen MR) is 65.3 cm³/mol. The van der Waals surface area contributed by atoms with Crippen molar-refractivity contribution in [2.75, 3.05) is 7.11 Å². The highest BCUT2D eigenvalue weighted by atomic mass is 35.5. The molecule has 0 atom stereocenters. The van der Waals surface area contributed by atoms with Gasteiger partial charge in [0.1, 0.15) is 11.3 Å². The van der Waals surface area contributed by atoms with Crippen molar-refractivity contribution in [3.8, 4) is 5.69 Å². The maximum absolute atomic E-state index is 11.5. The second kappa shape index (κ2) is 5.01. The molecule has 0 bridgehead atoms. The fourth-order valence-electron chi connectivity index (χ4n) is 1.55. The molecule has 0 radical (unpaired) electrons. The van der Waals surface area contributed by atoms with Crippen LogP contribution in [0.2, 0.25) is 5.02 Å². The SMILES string of the molecule is COC(=O)c1cnn(-c2ccccc2Cl)c1C=O. The first kappa shape index (κ1) is 12.3. The average Bonchev–Trinajstić information content (AvgIpc) is 2.81. The molecule has 0 aliphatic carbocycles. The van der Waals surface area contributed by atoms with Gasteiger partial charge >= 0.3 is 5.97 Å². The molecule has 0 saturated heterocycles. The lowest BCUT2D eigenvalue weighted by atomic mass is 10.2. The lowest BCUT2D eigenvalue weighted by molar-refractivity contribution is 0.0598. The van der Waals surface area contributed by atoms with Gasteiger partial charge in [-0.1, -0.05) is 23.7 Å². The number of carbonyl (C=O) groups excluding carboxylic acids is 2. The molecule has 2 rings (SSSR count). The molecular formula is C12H9ClN2O3. The van der Waals surface area contributed by atoms with Crippen molar-refractivity contribution in [1.29, 1.82) is 0 Å². The Morgan fingerprint density at radius 1 is 1.44 bits per heavy atom. The van der Waals surface area contributed by atoms with Crippen molar-refractivity contribution in [3.63, 3.8) is 0 Å². The molecule has 0 aliphatic rings. The predicted octanol–water partition coefficient (Wildman–Crippen LogP) is 2.12. The van der Waals surface area contributed by atoms with Gasteiger partial charge in [-0.05, 0) is 12.1 Å². The third-order valence-electron chi connectivity index (χ3n) is 2.40. The summed E-state index contributed by atoms with van der Waals surface area (Å²) in [5, 5.41) is 4.42. The highest BCUT2D eigenvalue weighted by Crippen LogP contribution is 2.21. The van der Waals surface area contributed by atoms with Crippen LogP contribution >= 0.6 is 11.6 Å². The summed E-state index contributed by atoms with van der Waals surface area (Å²) in [5.41, 5.74) is 0.735. The van der Waals surface area contributed by atoms with Gasteiger partial charge in [0.25, 0.3) is 0 Å². The highest BCUT2D eigenvalue weighted by Gasteiger charge is 2.19. The van der Waals surface area contributed by atoms with Crippen LogP contribution in [0.1, 0.15) is 20.8 Å². The summed E-state index contributed by atoms with van der Waals surface area (Å²) in [6, 6.07) is 6.89. The van der Waals surface area contributed by atoms with Gasteiger partial charge in [-0.2, -0.15) is 5.10 Å². The first-order valence-electron chi connectivity index (χ1n) is 5.05. The Morgan fingerprint density at radius 3 is 2.78 bits per heavy atom. The monoisotopic (exact) mass is 264 g/mol.